The second-order valence-corrected chi connectivity index (χ2v) is 7.16. The van der Waals surface area contributed by atoms with Crippen LogP contribution in [0.4, 0.5) is 14.5 Å². The predicted molar refractivity (Wildman–Crippen MR) is 119 cm³/mol. The molecule has 0 radical (unpaired) electrons. The monoisotopic (exact) mass is 450 g/mol. The molecule has 3 aromatic rings. The zero-order chi connectivity index (χ0) is 23.4. The molecule has 0 saturated carbocycles. The van der Waals surface area contributed by atoms with Crippen LogP contribution in [0.3, 0.4) is 0 Å². The SMILES string of the molecule is COc1ccc(OCCN2C(=O)C(Nc3ccc(F)c(F)c3)=C(c3ccccc3)C2=O)cc1. The van der Waals surface area contributed by atoms with Gasteiger partial charge in [0.2, 0.25) is 0 Å². The van der Waals surface area contributed by atoms with Gasteiger partial charge in [-0.05, 0) is 42.0 Å². The summed E-state index contributed by atoms with van der Waals surface area (Å²) in [5.74, 6) is -1.92. The lowest BCUT2D eigenvalue weighted by molar-refractivity contribution is -0.137. The molecule has 2 amide bonds. The number of amides is 2. The number of carbonyl (C=O) groups excluding carboxylic acids is 2. The van der Waals surface area contributed by atoms with Crippen molar-refractivity contribution in [1.29, 1.82) is 0 Å². The molecule has 1 N–H and O–H groups in total. The van der Waals surface area contributed by atoms with Crippen molar-refractivity contribution in [1.82, 2.24) is 4.90 Å². The first-order valence-corrected chi connectivity index (χ1v) is 10.1. The van der Waals surface area contributed by atoms with Gasteiger partial charge in [-0.3, -0.25) is 14.5 Å². The fourth-order valence-electron chi connectivity index (χ4n) is 3.41. The molecular formula is C25H20F2N2O4. The number of anilines is 1. The van der Waals surface area contributed by atoms with Gasteiger partial charge >= 0.3 is 0 Å². The maximum absolute atomic E-state index is 13.7. The lowest BCUT2D eigenvalue weighted by Crippen LogP contribution is -2.36. The molecule has 0 aliphatic carbocycles. The van der Waals surface area contributed by atoms with Gasteiger partial charge in [0.05, 0.1) is 19.2 Å². The Morgan fingerprint density at radius 1 is 0.848 bits per heavy atom. The maximum Gasteiger partial charge on any atom is 0.278 e. The molecule has 0 unspecified atom stereocenters. The second kappa shape index (κ2) is 9.52. The summed E-state index contributed by atoms with van der Waals surface area (Å²) in [7, 11) is 1.56. The minimum absolute atomic E-state index is 0.00296. The Labute approximate surface area is 189 Å². The Morgan fingerprint density at radius 3 is 2.21 bits per heavy atom. The summed E-state index contributed by atoms with van der Waals surface area (Å²) in [6, 6.07) is 18.7. The van der Waals surface area contributed by atoms with Gasteiger partial charge < -0.3 is 14.8 Å². The molecule has 0 spiro atoms. The van der Waals surface area contributed by atoms with E-state index in [0.29, 0.717) is 17.1 Å². The Hall–Kier alpha value is -4.20. The van der Waals surface area contributed by atoms with Crippen molar-refractivity contribution in [2.24, 2.45) is 0 Å². The zero-order valence-corrected chi connectivity index (χ0v) is 17.7. The van der Waals surface area contributed by atoms with E-state index in [1.807, 2.05) is 0 Å². The van der Waals surface area contributed by atoms with Gasteiger partial charge in [-0.15, -0.1) is 0 Å². The second-order valence-electron chi connectivity index (χ2n) is 7.16. The van der Waals surface area contributed by atoms with E-state index in [2.05, 4.69) is 5.32 Å². The summed E-state index contributed by atoms with van der Waals surface area (Å²) >= 11 is 0. The van der Waals surface area contributed by atoms with E-state index >= 15 is 0 Å². The van der Waals surface area contributed by atoms with E-state index in [0.717, 1.165) is 17.0 Å². The Bertz CT molecular complexity index is 1210. The third kappa shape index (κ3) is 4.69. The van der Waals surface area contributed by atoms with Crippen molar-refractivity contribution in [3.8, 4) is 11.5 Å². The molecule has 0 atom stereocenters. The minimum Gasteiger partial charge on any atom is -0.497 e. The summed E-state index contributed by atoms with van der Waals surface area (Å²) in [5, 5.41) is 2.79. The number of hydrogen-bond donors (Lipinski definition) is 1. The molecule has 4 rings (SSSR count). The number of nitrogens with zero attached hydrogens (tertiary/aromatic N) is 1. The van der Waals surface area contributed by atoms with Crippen LogP contribution in [0, 0.1) is 11.6 Å². The van der Waals surface area contributed by atoms with Gasteiger partial charge in [-0.1, -0.05) is 30.3 Å². The van der Waals surface area contributed by atoms with Crippen LogP contribution in [0.25, 0.3) is 5.57 Å². The fraction of sp³-hybridized carbons (Fsp3) is 0.120. The fourth-order valence-corrected chi connectivity index (χ4v) is 3.41. The molecule has 168 valence electrons. The molecule has 33 heavy (non-hydrogen) atoms. The number of halogens is 2. The highest BCUT2D eigenvalue weighted by Gasteiger charge is 2.39. The van der Waals surface area contributed by atoms with E-state index in [1.165, 1.54) is 6.07 Å². The summed E-state index contributed by atoms with van der Waals surface area (Å²) < 4.78 is 37.8. The van der Waals surface area contributed by atoms with Crippen LogP contribution in [-0.2, 0) is 9.59 Å². The smallest absolute Gasteiger partial charge is 0.278 e. The van der Waals surface area contributed by atoms with Crippen LogP contribution in [0.1, 0.15) is 5.56 Å². The molecule has 1 aliphatic rings. The lowest BCUT2D eigenvalue weighted by atomic mass is 10.0. The van der Waals surface area contributed by atoms with Crippen LogP contribution < -0.4 is 14.8 Å². The molecule has 1 heterocycles. The van der Waals surface area contributed by atoms with E-state index in [4.69, 9.17) is 9.47 Å². The molecule has 0 fully saturated rings. The van der Waals surface area contributed by atoms with Crippen LogP contribution in [0.15, 0.2) is 78.5 Å². The first-order chi connectivity index (χ1) is 16.0. The first-order valence-electron chi connectivity index (χ1n) is 10.1. The van der Waals surface area contributed by atoms with Crippen LogP contribution in [0.2, 0.25) is 0 Å². The maximum atomic E-state index is 13.7. The average Bonchev–Trinajstić information content (AvgIpc) is 3.06. The zero-order valence-electron chi connectivity index (χ0n) is 17.7. The quantitative estimate of drug-likeness (QED) is 0.520. The Balaban J connectivity index is 1.55. The number of nitrogens with one attached hydrogen (secondary N) is 1. The Morgan fingerprint density at radius 2 is 1.55 bits per heavy atom. The molecule has 0 saturated heterocycles. The molecule has 0 bridgehead atoms. The molecule has 1 aliphatic heterocycles. The van der Waals surface area contributed by atoms with Gasteiger partial charge in [0, 0.05) is 11.8 Å². The first kappa shape index (κ1) is 22.0. The van der Waals surface area contributed by atoms with Crippen molar-refractivity contribution in [3.63, 3.8) is 0 Å². The highest BCUT2D eigenvalue weighted by atomic mass is 19.2. The summed E-state index contributed by atoms with van der Waals surface area (Å²) in [6.07, 6.45) is 0. The van der Waals surface area contributed by atoms with Gasteiger partial charge in [0.25, 0.3) is 11.8 Å². The standard InChI is InChI=1S/C25H20F2N2O4/c1-32-18-8-10-19(11-9-18)33-14-13-29-24(30)22(16-5-3-2-4-6-16)23(25(29)31)28-17-7-12-20(26)21(27)15-17/h2-12,15,28H,13-14H2,1H3. The normalized spacial score (nSPS) is 13.5. The molecule has 0 aromatic heterocycles. The molecule has 6 nitrogen and oxygen atoms in total. The summed E-state index contributed by atoms with van der Waals surface area (Å²) in [4.78, 5) is 27.4. The summed E-state index contributed by atoms with van der Waals surface area (Å²) in [6.45, 7) is 0.0767. The van der Waals surface area contributed by atoms with Crippen LogP contribution in [0.5, 0.6) is 11.5 Å². The number of hydrogen-bond acceptors (Lipinski definition) is 5. The molecule has 8 heteroatoms. The third-order valence-corrected chi connectivity index (χ3v) is 5.06. The van der Waals surface area contributed by atoms with Gasteiger partial charge in [0.1, 0.15) is 23.8 Å². The molecule has 3 aromatic carbocycles. The van der Waals surface area contributed by atoms with E-state index in [-0.39, 0.29) is 30.1 Å². The van der Waals surface area contributed by atoms with Crippen molar-refractivity contribution < 1.29 is 27.8 Å². The largest absolute Gasteiger partial charge is 0.497 e. The van der Waals surface area contributed by atoms with E-state index in [1.54, 1.807) is 61.7 Å². The number of methoxy groups -OCH3 is 1. The number of ether oxygens (including phenoxy) is 2. The molecular weight excluding hydrogens is 430 g/mol. The lowest BCUT2D eigenvalue weighted by Gasteiger charge is -2.16. The highest BCUT2D eigenvalue weighted by Crippen LogP contribution is 2.30. The number of rotatable bonds is 8. The topological polar surface area (TPSA) is 67.9 Å². The predicted octanol–water partition coefficient (Wildman–Crippen LogP) is 4.24. The third-order valence-electron chi connectivity index (χ3n) is 5.06. The van der Waals surface area contributed by atoms with Crippen LogP contribution in [-0.4, -0.2) is 37.0 Å². The van der Waals surface area contributed by atoms with Crippen molar-refractivity contribution in [3.05, 3.63) is 95.7 Å². The van der Waals surface area contributed by atoms with E-state index < -0.39 is 23.4 Å². The van der Waals surface area contributed by atoms with Gasteiger partial charge in [-0.25, -0.2) is 8.78 Å². The van der Waals surface area contributed by atoms with Crippen molar-refractivity contribution in [2.45, 2.75) is 0 Å². The highest BCUT2D eigenvalue weighted by molar-refractivity contribution is 6.36. The van der Waals surface area contributed by atoms with Gasteiger partial charge in [0.15, 0.2) is 11.6 Å². The van der Waals surface area contributed by atoms with Crippen molar-refractivity contribution >= 4 is 23.1 Å². The number of carbonyl (C=O) groups is 2. The number of benzene rings is 3. The van der Waals surface area contributed by atoms with E-state index in [9.17, 15) is 18.4 Å². The Kier molecular flexibility index (Phi) is 6.35. The van der Waals surface area contributed by atoms with Crippen LogP contribution >= 0.6 is 0 Å². The van der Waals surface area contributed by atoms with Gasteiger partial charge in [-0.2, -0.15) is 0 Å². The average molecular weight is 450 g/mol. The number of imide groups is 1. The summed E-state index contributed by atoms with van der Waals surface area (Å²) in [5.41, 5.74) is 0.811. The van der Waals surface area contributed by atoms with Crippen molar-refractivity contribution in [2.75, 3.05) is 25.6 Å². The minimum atomic E-state index is -1.07.